The van der Waals surface area contributed by atoms with Crippen LogP contribution in [0.5, 0.6) is 0 Å². The Labute approximate surface area is 230 Å². The number of rotatable bonds is 9. The molecule has 2 N–H and O–H groups in total. The summed E-state index contributed by atoms with van der Waals surface area (Å²) in [6.45, 7) is 13.2. The molecule has 0 saturated carbocycles. The standard InChI is InChI=1S/C28H38ClN3O4S/c1-8-12-32(26(34)22(16-37)30-27(35)36-28(5,6)7)24(20-14-17(2)13-18(3)15-20)25(33)31-23-19(4)10-9-11-21(23)29/h9-11,13-15,22,24,37H,8,12,16H2,1-7H3,(H,30,35)(H,31,33). The van der Waals surface area contributed by atoms with E-state index in [1.54, 1.807) is 32.9 Å². The van der Waals surface area contributed by atoms with Gasteiger partial charge in [0.2, 0.25) is 5.91 Å². The van der Waals surface area contributed by atoms with E-state index in [9.17, 15) is 14.4 Å². The zero-order valence-electron chi connectivity index (χ0n) is 22.6. The van der Waals surface area contributed by atoms with Crippen LogP contribution >= 0.6 is 24.2 Å². The number of aryl methyl sites for hydroxylation is 3. The van der Waals surface area contributed by atoms with Crippen molar-refractivity contribution in [3.8, 4) is 0 Å². The van der Waals surface area contributed by atoms with Gasteiger partial charge in [-0.2, -0.15) is 12.6 Å². The number of halogens is 1. The molecule has 0 aliphatic carbocycles. The molecule has 0 bridgehead atoms. The van der Waals surface area contributed by atoms with Crippen molar-refractivity contribution < 1.29 is 19.1 Å². The summed E-state index contributed by atoms with van der Waals surface area (Å²) in [5.41, 5.74) is 3.15. The molecule has 2 unspecified atom stereocenters. The molecule has 0 heterocycles. The zero-order valence-corrected chi connectivity index (χ0v) is 24.3. The molecule has 0 spiro atoms. The summed E-state index contributed by atoms with van der Waals surface area (Å²) in [7, 11) is 0. The predicted octanol–water partition coefficient (Wildman–Crippen LogP) is 6.01. The monoisotopic (exact) mass is 547 g/mol. The maximum Gasteiger partial charge on any atom is 0.408 e. The molecule has 2 aromatic carbocycles. The lowest BCUT2D eigenvalue weighted by atomic mass is 9.98. The van der Waals surface area contributed by atoms with Crippen LogP contribution in [0.3, 0.4) is 0 Å². The smallest absolute Gasteiger partial charge is 0.408 e. The van der Waals surface area contributed by atoms with Gasteiger partial charge in [-0.25, -0.2) is 4.79 Å². The quantitative estimate of drug-likeness (QED) is 0.336. The average Bonchev–Trinajstić information content (AvgIpc) is 2.77. The zero-order chi connectivity index (χ0) is 27.9. The third-order valence-electron chi connectivity index (χ3n) is 5.51. The summed E-state index contributed by atoms with van der Waals surface area (Å²) in [5.74, 6) is -0.806. The van der Waals surface area contributed by atoms with Gasteiger partial charge in [0.05, 0.1) is 10.7 Å². The van der Waals surface area contributed by atoms with Crippen LogP contribution < -0.4 is 10.6 Å². The van der Waals surface area contributed by atoms with Gasteiger partial charge in [0.25, 0.3) is 5.91 Å². The molecule has 0 aromatic heterocycles. The molecule has 2 atom stereocenters. The Hall–Kier alpha value is -2.71. The lowest BCUT2D eigenvalue weighted by Gasteiger charge is -2.34. The van der Waals surface area contributed by atoms with Crippen LogP contribution in [0.1, 0.15) is 62.4 Å². The number of anilines is 1. The first kappa shape index (κ1) is 30.5. The summed E-state index contributed by atoms with van der Waals surface area (Å²) in [5, 5.41) is 5.96. The molecule has 37 heavy (non-hydrogen) atoms. The maximum absolute atomic E-state index is 13.9. The SMILES string of the molecule is CCCN(C(=O)C(CS)NC(=O)OC(C)(C)C)C(C(=O)Nc1c(C)cccc1Cl)c1cc(C)cc(C)c1. The Morgan fingerprint density at radius 2 is 1.70 bits per heavy atom. The molecule has 7 nitrogen and oxygen atoms in total. The maximum atomic E-state index is 13.9. The van der Waals surface area contributed by atoms with Gasteiger partial charge in [-0.3, -0.25) is 9.59 Å². The second kappa shape index (κ2) is 13.2. The van der Waals surface area contributed by atoms with E-state index in [2.05, 4.69) is 23.3 Å². The Morgan fingerprint density at radius 1 is 1.08 bits per heavy atom. The number of nitrogens with zero attached hydrogens (tertiary/aromatic N) is 1. The van der Waals surface area contributed by atoms with Crippen molar-refractivity contribution in [1.29, 1.82) is 0 Å². The summed E-state index contributed by atoms with van der Waals surface area (Å²) in [6, 6.07) is 9.19. The van der Waals surface area contributed by atoms with Gasteiger partial charge in [-0.1, -0.05) is 60.0 Å². The van der Waals surface area contributed by atoms with Gasteiger partial charge in [-0.05, 0) is 65.2 Å². The highest BCUT2D eigenvalue weighted by atomic mass is 35.5. The van der Waals surface area contributed by atoms with Gasteiger partial charge in [0, 0.05) is 12.3 Å². The molecule has 3 amide bonds. The number of hydrogen-bond acceptors (Lipinski definition) is 5. The molecular weight excluding hydrogens is 510 g/mol. The predicted molar refractivity (Wildman–Crippen MR) is 152 cm³/mol. The van der Waals surface area contributed by atoms with E-state index in [1.807, 2.05) is 52.0 Å². The summed E-state index contributed by atoms with van der Waals surface area (Å²) >= 11 is 10.7. The first-order chi connectivity index (χ1) is 17.3. The second-order valence-electron chi connectivity index (χ2n) is 10.2. The van der Waals surface area contributed by atoms with Crippen LogP contribution in [-0.4, -0.2) is 46.7 Å². The lowest BCUT2D eigenvalue weighted by Crippen LogP contribution is -2.53. The molecule has 0 saturated heterocycles. The van der Waals surface area contributed by atoms with Crippen molar-refractivity contribution in [2.24, 2.45) is 0 Å². The molecule has 0 aliphatic rings. The van der Waals surface area contributed by atoms with Gasteiger partial charge >= 0.3 is 6.09 Å². The van der Waals surface area contributed by atoms with Gasteiger partial charge < -0.3 is 20.3 Å². The van der Waals surface area contributed by atoms with Gasteiger partial charge in [0.1, 0.15) is 17.7 Å². The Morgan fingerprint density at radius 3 is 2.22 bits per heavy atom. The van der Waals surface area contributed by atoms with E-state index in [1.165, 1.54) is 4.90 Å². The normalized spacial score (nSPS) is 12.9. The number of carbonyl (C=O) groups excluding carboxylic acids is 3. The van der Waals surface area contributed by atoms with E-state index in [4.69, 9.17) is 16.3 Å². The molecule has 0 aliphatic heterocycles. The fourth-order valence-corrected chi connectivity index (χ4v) is 4.58. The third kappa shape index (κ3) is 8.68. The number of thiol groups is 1. The van der Waals surface area contributed by atoms with E-state index in [-0.39, 0.29) is 12.3 Å². The molecule has 202 valence electrons. The van der Waals surface area contributed by atoms with Crippen molar-refractivity contribution in [2.45, 2.75) is 72.6 Å². The number of hydrogen-bond donors (Lipinski definition) is 3. The molecule has 2 rings (SSSR count). The Balaban J connectivity index is 2.53. The van der Waals surface area contributed by atoms with E-state index < -0.39 is 35.6 Å². The molecular formula is C28H38ClN3O4S. The first-order valence-electron chi connectivity index (χ1n) is 12.3. The summed E-state index contributed by atoms with van der Waals surface area (Å²) in [4.78, 5) is 41.7. The second-order valence-corrected chi connectivity index (χ2v) is 10.9. The van der Waals surface area contributed by atoms with Crippen LogP contribution in [-0.2, 0) is 14.3 Å². The van der Waals surface area contributed by atoms with Crippen molar-refractivity contribution in [1.82, 2.24) is 10.2 Å². The number of amides is 3. The number of carbonyl (C=O) groups is 3. The van der Waals surface area contributed by atoms with Crippen LogP contribution in [0.25, 0.3) is 0 Å². The van der Waals surface area contributed by atoms with Crippen LogP contribution in [0.15, 0.2) is 36.4 Å². The number of benzene rings is 2. The fraction of sp³-hybridized carbons (Fsp3) is 0.464. The topological polar surface area (TPSA) is 87.7 Å². The first-order valence-corrected chi connectivity index (χ1v) is 13.3. The molecule has 0 fully saturated rings. The highest BCUT2D eigenvalue weighted by molar-refractivity contribution is 7.80. The number of nitrogens with one attached hydrogen (secondary N) is 2. The number of para-hydroxylation sites is 1. The van der Waals surface area contributed by atoms with E-state index in [0.717, 1.165) is 16.7 Å². The lowest BCUT2D eigenvalue weighted by molar-refractivity contribution is -0.140. The van der Waals surface area contributed by atoms with Gasteiger partial charge in [0.15, 0.2) is 0 Å². The number of ether oxygens (including phenoxy) is 1. The average molecular weight is 548 g/mol. The minimum atomic E-state index is -0.993. The van der Waals surface area contributed by atoms with Crippen molar-refractivity contribution in [2.75, 3.05) is 17.6 Å². The van der Waals surface area contributed by atoms with E-state index in [0.29, 0.717) is 22.7 Å². The minimum Gasteiger partial charge on any atom is -0.444 e. The van der Waals surface area contributed by atoms with Crippen molar-refractivity contribution in [3.63, 3.8) is 0 Å². The Kier molecular flexibility index (Phi) is 10.9. The third-order valence-corrected chi connectivity index (χ3v) is 6.19. The van der Waals surface area contributed by atoms with E-state index >= 15 is 0 Å². The molecule has 9 heteroatoms. The van der Waals surface area contributed by atoms with Crippen molar-refractivity contribution in [3.05, 3.63) is 63.7 Å². The van der Waals surface area contributed by atoms with Crippen LogP contribution in [0.2, 0.25) is 5.02 Å². The highest BCUT2D eigenvalue weighted by Crippen LogP contribution is 2.30. The highest BCUT2D eigenvalue weighted by Gasteiger charge is 2.36. The van der Waals surface area contributed by atoms with Gasteiger partial charge in [-0.15, -0.1) is 0 Å². The van der Waals surface area contributed by atoms with Crippen LogP contribution in [0.4, 0.5) is 10.5 Å². The largest absolute Gasteiger partial charge is 0.444 e. The Bertz CT molecular complexity index is 1090. The van der Waals surface area contributed by atoms with Crippen LogP contribution in [0, 0.1) is 20.8 Å². The number of alkyl carbamates (subject to hydrolysis) is 1. The van der Waals surface area contributed by atoms with Crippen molar-refractivity contribution >= 4 is 47.8 Å². The molecule has 0 radical (unpaired) electrons. The fourth-order valence-electron chi connectivity index (χ4n) is 4.07. The minimum absolute atomic E-state index is 0.0308. The summed E-state index contributed by atoms with van der Waals surface area (Å²) < 4.78 is 5.34. The molecule has 2 aromatic rings. The summed E-state index contributed by atoms with van der Waals surface area (Å²) in [6.07, 6.45) is -0.132.